The van der Waals surface area contributed by atoms with Crippen molar-refractivity contribution in [2.45, 2.75) is 52.6 Å². The summed E-state index contributed by atoms with van der Waals surface area (Å²) in [5, 5.41) is 0. The summed E-state index contributed by atoms with van der Waals surface area (Å²) < 4.78 is 27.6. The van der Waals surface area contributed by atoms with Crippen LogP contribution in [-0.2, 0) is 14.3 Å². The van der Waals surface area contributed by atoms with Gasteiger partial charge in [0.1, 0.15) is 0 Å². The molecule has 0 aliphatic heterocycles. The first-order chi connectivity index (χ1) is 8.26. The van der Waals surface area contributed by atoms with Gasteiger partial charge in [-0.2, -0.15) is 8.42 Å². The van der Waals surface area contributed by atoms with Gasteiger partial charge in [0, 0.05) is 0 Å². The maximum Gasteiger partial charge on any atom is 0.264 e. The third-order valence-electron chi connectivity index (χ3n) is 2.76. The van der Waals surface area contributed by atoms with Gasteiger partial charge >= 0.3 is 0 Å². The van der Waals surface area contributed by atoms with Crippen molar-refractivity contribution in [2.24, 2.45) is 5.92 Å². The van der Waals surface area contributed by atoms with Crippen LogP contribution in [0.3, 0.4) is 0 Å². The van der Waals surface area contributed by atoms with E-state index in [0.717, 1.165) is 25.5 Å². The van der Waals surface area contributed by atoms with Crippen molar-refractivity contribution >= 4 is 10.1 Å². The largest absolute Gasteiger partial charge is 0.267 e. The first kappa shape index (κ1) is 17.4. The molecule has 0 aliphatic rings. The Hall–Kier alpha value is -0.610. The lowest BCUT2D eigenvalue weighted by Gasteiger charge is -2.22. The Morgan fingerprint density at radius 1 is 1.28 bits per heavy atom. The van der Waals surface area contributed by atoms with Crippen LogP contribution in [0, 0.1) is 5.92 Å². The van der Waals surface area contributed by atoms with Gasteiger partial charge in [-0.25, -0.2) is 0 Å². The second-order valence-corrected chi connectivity index (χ2v) is 6.64. The van der Waals surface area contributed by atoms with Gasteiger partial charge in [0.15, 0.2) is 0 Å². The van der Waals surface area contributed by atoms with Gasteiger partial charge in [0.25, 0.3) is 10.1 Å². The van der Waals surface area contributed by atoms with Crippen LogP contribution in [-0.4, -0.2) is 20.8 Å². The molecule has 0 heterocycles. The lowest BCUT2D eigenvalue weighted by atomic mass is 9.95. The molecular weight excluding hydrogens is 248 g/mol. The van der Waals surface area contributed by atoms with Crippen molar-refractivity contribution in [2.75, 3.05) is 6.26 Å². The molecule has 0 radical (unpaired) electrons. The summed E-state index contributed by atoms with van der Waals surface area (Å²) in [6, 6.07) is 0. The van der Waals surface area contributed by atoms with Crippen LogP contribution in [0.25, 0.3) is 0 Å². The smallest absolute Gasteiger partial charge is 0.264 e. The molecule has 0 amide bonds. The summed E-state index contributed by atoms with van der Waals surface area (Å²) in [6.07, 6.45) is 8.19. The fourth-order valence-electron chi connectivity index (χ4n) is 1.75. The molecule has 0 saturated heterocycles. The molecule has 106 valence electrons. The second-order valence-electron chi connectivity index (χ2n) is 5.04. The minimum absolute atomic E-state index is 0.218. The predicted octanol–water partition coefficient (Wildman–Crippen LogP) is 3.68. The highest BCUT2D eigenvalue weighted by molar-refractivity contribution is 7.86. The van der Waals surface area contributed by atoms with Gasteiger partial charge in [-0.1, -0.05) is 24.6 Å². The summed E-state index contributed by atoms with van der Waals surface area (Å²) in [6.45, 7) is 9.82. The van der Waals surface area contributed by atoms with E-state index in [9.17, 15) is 8.42 Å². The fraction of sp³-hybridized carbons (Fsp3) is 0.714. The molecule has 0 aromatic heterocycles. The molecule has 0 saturated carbocycles. The Morgan fingerprint density at radius 2 is 1.89 bits per heavy atom. The van der Waals surface area contributed by atoms with E-state index in [4.69, 9.17) is 4.18 Å². The molecule has 0 unspecified atom stereocenters. The van der Waals surface area contributed by atoms with E-state index in [1.807, 2.05) is 6.92 Å². The molecule has 3 nitrogen and oxygen atoms in total. The van der Waals surface area contributed by atoms with Crippen LogP contribution >= 0.6 is 0 Å². The number of hydrogen-bond donors (Lipinski definition) is 0. The highest BCUT2D eigenvalue weighted by Crippen LogP contribution is 2.21. The van der Waals surface area contributed by atoms with E-state index >= 15 is 0 Å². The maximum absolute atomic E-state index is 11.2. The van der Waals surface area contributed by atoms with Crippen LogP contribution in [0.15, 0.2) is 24.3 Å². The van der Waals surface area contributed by atoms with Crippen molar-refractivity contribution in [1.29, 1.82) is 0 Å². The third kappa shape index (κ3) is 9.42. The van der Waals surface area contributed by atoms with Crippen LogP contribution in [0.1, 0.15) is 46.5 Å². The van der Waals surface area contributed by atoms with Crippen molar-refractivity contribution in [1.82, 2.24) is 0 Å². The van der Waals surface area contributed by atoms with Gasteiger partial charge in [0.05, 0.1) is 12.4 Å². The van der Waals surface area contributed by atoms with Gasteiger partial charge in [0.2, 0.25) is 0 Å². The molecular formula is C14H26O3S. The van der Waals surface area contributed by atoms with Crippen molar-refractivity contribution in [3.05, 3.63) is 24.3 Å². The Labute approximate surface area is 112 Å². The minimum Gasteiger partial charge on any atom is -0.267 e. The average Bonchev–Trinajstić information content (AvgIpc) is 2.21. The molecule has 2 atom stereocenters. The highest BCUT2D eigenvalue weighted by Gasteiger charge is 2.21. The van der Waals surface area contributed by atoms with Gasteiger partial charge in [-0.05, 0) is 45.4 Å². The molecule has 0 aromatic rings. The average molecular weight is 274 g/mol. The maximum atomic E-state index is 11.2. The molecule has 4 heteroatoms. The number of rotatable bonds is 9. The lowest BCUT2D eigenvalue weighted by Crippen LogP contribution is -2.24. The molecule has 0 N–H and O–H groups in total. The van der Waals surface area contributed by atoms with Gasteiger partial charge < -0.3 is 0 Å². The molecule has 0 aromatic carbocycles. The third-order valence-corrected chi connectivity index (χ3v) is 3.36. The lowest BCUT2D eigenvalue weighted by molar-refractivity contribution is 0.138. The van der Waals surface area contributed by atoms with Gasteiger partial charge in [-0.15, -0.1) is 6.58 Å². The van der Waals surface area contributed by atoms with E-state index in [1.54, 1.807) is 6.08 Å². The van der Waals surface area contributed by atoms with Crippen LogP contribution in [0.4, 0.5) is 0 Å². The zero-order chi connectivity index (χ0) is 14.2. The Balaban J connectivity index is 4.43. The van der Waals surface area contributed by atoms with Crippen molar-refractivity contribution in [3.8, 4) is 0 Å². The van der Waals surface area contributed by atoms with E-state index in [-0.39, 0.29) is 12.0 Å². The zero-order valence-corrected chi connectivity index (χ0v) is 12.8. The fourth-order valence-corrected chi connectivity index (χ4v) is 2.49. The molecule has 0 spiro atoms. The quantitative estimate of drug-likeness (QED) is 0.476. The highest BCUT2D eigenvalue weighted by atomic mass is 32.2. The summed E-state index contributed by atoms with van der Waals surface area (Å²) in [7, 11) is -3.39. The molecule has 0 bridgehead atoms. The van der Waals surface area contributed by atoms with E-state index in [2.05, 4.69) is 26.5 Å². The summed E-state index contributed by atoms with van der Waals surface area (Å²) in [4.78, 5) is 0. The Bertz CT molecular complexity index is 365. The SMILES string of the molecule is C=CCC[C@@H](OS(C)(=O)=O)[C@H](C)CCC=C(C)C. The summed E-state index contributed by atoms with van der Waals surface area (Å²) >= 11 is 0. The van der Waals surface area contributed by atoms with Crippen molar-refractivity contribution < 1.29 is 12.6 Å². The number of hydrogen-bond acceptors (Lipinski definition) is 3. The predicted molar refractivity (Wildman–Crippen MR) is 77.0 cm³/mol. The first-order valence-electron chi connectivity index (χ1n) is 6.38. The van der Waals surface area contributed by atoms with E-state index < -0.39 is 10.1 Å². The standard InChI is InChI=1S/C14H26O3S/c1-6-7-11-14(17-18(5,15)16)13(4)10-8-9-12(2)3/h6,9,13-14H,1,7-8,10-11H2,2-5H3/t13-,14-/m1/s1. The zero-order valence-electron chi connectivity index (χ0n) is 12.0. The molecule has 18 heavy (non-hydrogen) atoms. The van der Waals surface area contributed by atoms with Crippen LogP contribution in [0.5, 0.6) is 0 Å². The van der Waals surface area contributed by atoms with E-state index in [1.165, 1.54) is 5.57 Å². The Kier molecular flexibility index (Phi) is 8.20. The number of allylic oxidation sites excluding steroid dienone is 3. The van der Waals surface area contributed by atoms with Gasteiger partial charge in [-0.3, -0.25) is 4.18 Å². The Morgan fingerprint density at radius 3 is 2.33 bits per heavy atom. The summed E-state index contributed by atoms with van der Waals surface area (Å²) in [5.74, 6) is 0.218. The first-order valence-corrected chi connectivity index (χ1v) is 8.20. The normalized spacial score (nSPS) is 14.9. The molecule has 0 fully saturated rings. The second kappa shape index (κ2) is 8.48. The molecule has 0 aliphatic carbocycles. The summed E-state index contributed by atoms with van der Waals surface area (Å²) in [5.41, 5.74) is 1.29. The van der Waals surface area contributed by atoms with Crippen molar-refractivity contribution in [3.63, 3.8) is 0 Å². The van der Waals surface area contributed by atoms with Crippen LogP contribution < -0.4 is 0 Å². The molecule has 0 rings (SSSR count). The topological polar surface area (TPSA) is 43.4 Å². The van der Waals surface area contributed by atoms with E-state index in [0.29, 0.717) is 6.42 Å². The van der Waals surface area contributed by atoms with Crippen LogP contribution in [0.2, 0.25) is 0 Å². The monoisotopic (exact) mass is 274 g/mol. The minimum atomic E-state index is -3.39.